The van der Waals surface area contributed by atoms with Gasteiger partial charge in [0.05, 0.1) is 23.9 Å². The lowest BCUT2D eigenvalue weighted by molar-refractivity contribution is 0.0942. The summed E-state index contributed by atoms with van der Waals surface area (Å²) in [5.41, 5.74) is 2.40. The molecule has 0 spiro atoms. The number of nitrogens with one attached hydrogen (secondary N) is 1. The van der Waals surface area contributed by atoms with Gasteiger partial charge in [0.1, 0.15) is 25.1 Å². The summed E-state index contributed by atoms with van der Waals surface area (Å²) in [7, 11) is -5.50. The van der Waals surface area contributed by atoms with Crippen molar-refractivity contribution >= 4 is 43.3 Å². The van der Waals surface area contributed by atoms with Crippen molar-refractivity contribution in [2.75, 3.05) is 61.1 Å². The fourth-order valence-electron chi connectivity index (χ4n) is 4.14. The Kier molecular flexibility index (Phi) is 9.20. The summed E-state index contributed by atoms with van der Waals surface area (Å²) in [6.45, 7) is 16.9. The van der Waals surface area contributed by atoms with Crippen molar-refractivity contribution in [1.29, 1.82) is 0 Å². The Hall–Kier alpha value is -2.27. The summed E-state index contributed by atoms with van der Waals surface area (Å²) in [5.74, 6) is 1.74. The third-order valence-electron chi connectivity index (χ3n) is 6.73. The molecular weight excluding hydrogens is 551 g/mol. The molecule has 1 N–H and O–H groups in total. The van der Waals surface area contributed by atoms with E-state index < -0.39 is 26.0 Å². The molecule has 4 heterocycles. The van der Waals surface area contributed by atoms with Crippen molar-refractivity contribution < 1.29 is 17.9 Å². The summed E-state index contributed by atoms with van der Waals surface area (Å²) in [6, 6.07) is 4.12. The van der Waals surface area contributed by atoms with Gasteiger partial charge in [0.2, 0.25) is 0 Å². The van der Waals surface area contributed by atoms with E-state index in [2.05, 4.69) is 54.4 Å². The fourth-order valence-corrected chi connectivity index (χ4v) is 6.86. The standard InChI is InChI=1S/C25H43N7O4SSi2/c1-38(2,3)13-9-35-19-31(20-36-10-14-39(4,5)6)24-15-23(30-7-11-37(33,34)12-8-30)29-25-22(18-28-32(24)25)21-16-26-27-17-21/h15-18H,7-14,19-20H2,1-6H3,(H,26,27). The van der Waals surface area contributed by atoms with Crippen molar-refractivity contribution in [1.82, 2.24) is 24.8 Å². The first kappa shape index (κ1) is 29.7. The average Bonchev–Trinajstić information content (AvgIpc) is 3.51. The second kappa shape index (κ2) is 12.1. The molecule has 0 amide bonds. The molecule has 4 rings (SSSR count). The maximum atomic E-state index is 12.1. The summed E-state index contributed by atoms with van der Waals surface area (Å²) < 4.78 is 38.4. The quantitative estimate of drug-likeness (QED) is 0.179. The van der Waals surface area contributed by atoms with E-state index in [0.29, 0.717) is 51.2 Å². The molecule has 1 saturated heterocycles. The molecule has 0 aromatic carbocycles. The van der Waals surface area contributed by atoms with Crippen molar-refractivity contribution in [3.8, 4) is 11.1 Å². The Bertz CT molecular complexity index is 1300. The van der Waals surface area contributed by atoms with E-state index in [4.69, 9.17) is 19.6 Å². The molecule has 1 aliphatic rings. The van der Waals surface area contributed by atoms with Gasteiger partial charge in [0.15, 0.2) is 15.5 Å². The highest BCUT2D eigenvalue weighted by Crippen LogP contribution is 2.30. The highest BCUT2D eigenvalue weighted by Gasteiger charge is 2.26. The third-order valence-corrected chi connectivity index (χ3v) is 11.7. The maximum Gasteiger partial charge on any atom is 0.167 e. The van der Waals surface area contributed by atoms with Crippen LogP contribution in [0.3, 0.4) is 0 Å². The van der Waals surface area contributed by atoms with E-state index in [1.165, 1.54) is 0 Å². The lowest BCUT2D eigenvalue weighted by Gasteiger charge is -2.30. The van der Waals surface area contributed by atoms with Crippen LogP contribution in [0.25, 0.3) is 16.8 Å². The van der Waals surface area contributed by atoms with Gasteiger partial charge in [0, 0.05) is 65.8 Å². The van der Waals surface area contributed by atoms with Crippen LogP contribution >= 0.6 is 0 Å². The minimum absolute atomic E-state index is 0.117. The van der Waals surface area contributed by atoms with Crippen LogP contribution in [0.1, 0.15) is 0 Å². The van der Waals surface area contributed by atoms with Gasteiger partial charge in [0.25, 0.3) is 0 Å². The van der Waals surface area contributed by atoms with Crippen molar-refractivity contribution in [2.24, 2.45) is 0 Å². The lowest BCUT2D eigenvalue weighted by atomic mass is 10.2. The summed E-state index contributed by atoms with van der Waals surface area (Å²) in [6.07, 6.45) is 5.35. The monoisotopic (exact) mass is 593 g/mol. The summed E-state index contributed by atoms with van der Waals surface area (Å²) >= 11 is 0. The molecule has 14 heteroatoms. The SMILES string of the molecule is C[Si](C)(C)CCOCN(COCC[Si](C)(C)C)c1cc(N2CCS(=O)(=O)CC2)nc2c(-c3cn[nH]c3)cnn12. The molecule has 0 aliphatic carbocycles. The highest BCUT2D eigenvalue weighted by atomic mass is 32.2. The topological polar surface area (TPSA) is 118 Å². The Morgan fingerprint density at radius 1 is 0.974 bits per heavy atom. The molecule has 3 aromatic heterocycles. The number of sulfone groups is 1. The summed E-state index contributed by atoms with van der Waals surface area (Å²) in [4.78, 5) is 9.05. The van der Waals surface area contributed by atoms with E-state index in [-0.39, 0.29) is 11.5 Å². The Balaban J connectivity index is 1.68. The van der Waals surface area contributed by atoms with Crippen LogP contribution in [0.15, 0.2) is 24.7 Å². The van der Waals surface area contributed by atoms with E-state index in [1.54, 1.807) is 12.4 Å². The highest BCUT2D eigenvalue weighted by molar-refractivity contribution is 7.91. The molecule has 1 aliphatic heterocycles. The Labute approximate surface area is 233 Å². The zero-order valence-electron chi connectivity index (χ0n) is 24.1. The first-order chi connectivity index (χ1) is 18.3. The van der Waals surface area contributed by atoms with Crippen LogP contribution in [0.4, 0.5) is 11.6 Å². The van der Waals surface area contributed by atoms with Gasteiger partial charge in [-0.25, -0.2) is 13.4 Å². The van der Waals surface area contributed by atoms with Crippen LogP contribution in [-0.4, -0.2) is 101 Å². The van der Waals surface area contributed by atoms with Crippen LogP contribution in [0.5, 0.6) is 0 Å². The summed E-state index contributed by atoms with van der Waals surface area (Å²) in [5, 5.41) is 11.7. The molecule has 3 aromatic rings. The number of aromatic amines is 1. The zero-order valence-corrected chi connectivity index (χ0v) is 26.9. The number of anilines is 2. The third kappa shape index (κ3) is 8.36. The Morgan fingerprint density at radius 3 is 2.13 bits per heavy atom. The average molecular weight is 594 g/mol. The van der Waals surface area contributed by atoms with E-state index >= 15 is 0 Å². The molecule has 0 radical (unpaired) electrons. The van der Waals surface area contributed by atoms with Crippen molar-refractivity contribution in [2.45, 2.75) is 51.4 Å². The largest absolute Gasteiger partial charge is 0.361 e. The minimum Gasteiger partial charge on any atom is -0.361 e. The number of hydrogen-bond acceptors (Lipinski definition) is 9. The molecule has 39 heavy (non-hydrogen) atoms. The molecular formula is C25H43N7O4SSi2. The second-order valence-corrected chi connectivity index (χ2v) is 26.2. The van der Waals surface area contributed by atoms with E-state index in [0.717, 1.165) is 29.0 Å². The van der Waals surface area contributed by atoms with Crippen LogP contribution < -0.4 is 9.80 Å². The molecule has 0 saturated carbocycles. The van der Waals surface area contributed by atoms with Crippen LogP contribution in [0.2, 0.25) is 51.4 Å². The lowest BCUT2D eigenvalue weighted by Crippen LogP contribution is -2.41. The predicted octanol–water partition coefficient (Wildman–Crippen LogP) is 3.79. The first-order valence-electron chi connectivity index (χ1n) is 13.6. The van der Waals surface area contributed by atoms with Gasteiger partial charge in [-0.15, -0.1) is 0 Å². The van der Waals surface area contributed by atoms with Crippen LogP contribution in [0, 0.1) is 0 Å². The predicted molar refractivity (Wildman–Crippen MR) is 162 cm³/mol. The van der Waals surface area contributed by atoms with E-state index in [9.17, 15) is 8.42 Å². The normalized spacial score (nSPS) is 16.2. The van der Waals surface area contributed by atoms with Gasteiger partial charge < -0.3 is 19.3 Å². The van der Waals surface area contributed by atoms with Gasteiger partial charge in [-0.2, -0.15) is 14.7 Å². The maximum absolute atomic E-state index is 12.1. The van der Waals surface area contributed by atoms with Gasteiger partial charge in [-0.1, -0.05) is 39.3 Å². The van der Waals surface area contributed by atoms with E-state index in [1.807, 2.05) is 21.7 Å². The molecule has 11 nitrogen and oxygen atoms in total. The number of hydrogen-bond donors (Lipinski definition) is 1. The second-order valence-electron chi connectivity index (χ2n) is 12.6. The van der Waals surface area contributed by atoms with Gasteiger partial charge in [-0.05, 0) is 12.1 Å². The number of rotatable bonds is 13. The fraction of sp³-hybridized carbons (Fsp3) is 0.640. The molecule has 216 valence electrons. The van der Waals surface area contributed by atoms with Gasteiger partial charge in [-0.3, -0.25) is 5.10 Å². The number of ether oxygens (including phenoxy) is 2. The molecule has 1 fully saturated rings. The Morgan fingerprint density at radius 2 is 1.59 bits per heavy atom. The van der Waals surface area contributed by atoms with Gasteiger partial charge >= 0.3 is 0 Å². The minimum atomic E-state index is -3.02. The van der Waals surface area contributed by atoms with Crippen molar-refractivity contribution in [3.63, 3.8) is 0 Å². The molecule has 0 bridgehead atoms. The van der Waals surface area contributed by atoms with Crippen molar-refractivity contribution in [3.05, 3.63) is 24.7 Å². The number of nitrogens with zero attached hydrogens (tertiary/aromatic N) is 6. The first-order valence-corrected chi connectivity index (χ1v) is 22.8. The molecule has 0 atom stereocenters. The smallest absolute Gasteiger partial charge is 0.167 e. The number of aromatic nitrogens is 5. The molecule has 0 unspecified atom stereocenters. The zero-order chi connectivity index (χ0) is 28.3. The number of H-pyrrole nitrogens is 1. The van der Waals surface area contributed by atoms with Crippen LogP contribution in [-0.2, 0) is 19.3 Å². The number of fused-ring (bicyclic) bond motifs is 1.